The first-order valence-corrected chi connectivity index (χ1v) is 20.0. The topological polar surface area (TPSA) is 121 Å². The van der Waals surface area contributed by atoms with Crippen LogP contribution in [0.15, 0.2) is 36.0 Å². The van der Waals surface area contributed by atoms with Crippen molar-refractivity contribution in [3.8, 4) is 0 Å². The molecule has 2 aliphatic heterocycles. The summed E-state index contributed by atoms with van der Waals surface area (Å²) in [5.41, 5.74) is -0.103. The first-order chi connectivity index (χ1) is 25.1. The minimum absolute atomic E-state index is 0.0231. The van der Waals surface area contributed by atoms with E-state index in [2.05, 4.69) is 26.8 Å². The largest absolute Gasteiger partial charge is 0.457 e. The van der Waals surface area contributed by atoms with Crippen molar-refractivity contribution < 1.29 is 52.2 Å². The Morgan fingerprint density at radius 2 is 1.60 bits per heavy atom. The maximum Gasteiger partial charge on any atom is 0.309 e. The van der Waals surface area contributed by atoms with Crippen molar-refractivity contribution >= 4 is 11.9 Å². The molecule has 0 aliphatic carbocycles. The maximum atomic E-state index is 13.5. The van der Waals surface area contributed by atoms with Crippen LogP contribution >= 0.6 is 0 Å². The van der Waals surface area contributed by atoms with Gasteiger partial charge in [0.2, 0.25) is 0 Å². The van der Waals surface area contributed by atoms with Gasteiger partial charge in [-0.3, -0.25) is 9.59 Å². The van der Waals surface area contributed by atoms with Gasteiger partial charge in [0.25, 0.3) is 0 Å². The first kappa shape index (κ1) is 47.0. The van der Waals surface area contributed by atoms with Gasteiger partial charge >= 0.3 is 11.9 Å². The molecule has 1 saturated heterocycles. The summed E-state index contributed by atoms with van der Waals surface area (Å²) >= 11 is 0. The Morgan fingerprint density at radius 3 is 2.23 bits per heavy atom. The summed E-state index contributed by atoms with van der Waals surface area (Å²) in [6.07, 6.45) is 9.88. The molecular formula is C42H72O11. The fourth-order valence-corrected chi connectivity index (χ4v) is 7.11. The zero-order valence-electron chi connectivity index (χ0n) is 35.0. The van der Waals surface area contributed by atoms with Crippen molar-refractivity contribution in [2.24, 2.45) is 17.8 Å². The van der Waals surface area contributed by atoms with Crippen LogP contribution in [-0.4, -0.2) is 92.9 Å². The van der Waals surface area contributed by atoms with E-state index < -0.39 is 42.5 Å². The van der Waals surface area contributed by atoms with E-state index in [9.17, 15) is 9.59 Å². The summed E-state index contributed by atoms with van der Waals surface area (Å²) in [6.45, 7) is 26.6. The molecule has 0 amide bonds. The van der Waals surface area contributed by atoms with Gasteiger partial charge in [-0.1, -0.05) is 52.0 Å². The van der Waals surface area contributed by atoms with Crippen LogP contribution in [0.25, 0.3) is 0 Å². The van der Waals surface area contributed by atoms with Gasteiger partial charge in [-0.2, -0.15) is 0 Å². The Morgan fingerprint density at radius 1 is 0.962 bits per heavy atom. The molecule has 13 unspecified atom stereocenters. The van der Waals surface area contributed by atoms with Gasteiger partial charge in [0, 0.05) is 38.6 Å². The van der Waals surface area contributed by atoms with Crippen LogP contribution in [-0.2, 0) is 52.2 Å². The van der Waals surface area contributed by atoms with Gasteiger partial charge < -0.3 is 42.6 Å². The third-order valence-electron chi connectivity index (χ3n) is 9.95. The van der Waals surface area contributed by atoms with E-state index in [0.717, 1.165) is 18.4 Å². The quantitative estimate of drug-likeness (QED) is 0.0371. The number of carbonyl (C=O) groups excluding carboxylic acids is 2. The smallest absolute Gasteiger partial charge is 0.309 e. The van der Waals surface area contributed by atoms with E-state index in [0.29, 0.717) is 32.7 Å². The van der Waals surface area contributed by atoms with Crippen LogP contribution in [0.3, 0.4) is 0 Å². The van der Waals surface area contributed by atoms with Gasteiger partial charge in [-0.05, 0) is 98.6 Å². The normalized spacial score (nSPS) is 31.3. The molecule has 0 N–H and O–H groups in total. The van der Waals surface area contributed by atoms with Crippen molar-refractivity contribution in [2.45, 2.75) is 183 Å². The van der Waals surface area contributed by atoms with Gasteiger partial charge in [-0.15, -0.1) is 0 Å². The van der Waals surface area contributed by atoms with Crippen LogP contribution in [0, 0.1) is 17.8 Å². The molecule has 0 bridgehead atoms. The Labute approximate surface area is 320 Å². The standard InChI is InChI=1S/C42H72O11/c1-14-36(50-33(11)46-16-3)30(8)41-37(51-41)25-27(5)19-18-20-28(6)40-29(7)21-22-38(48-31(9)43)42(13,53-34(12)47-17-4)24-23-35(26-39(44)52-40)49-32(10)45-15-2/h18-22,27,29-30,32-38,40-41H,14-17,23-26H2,1-13H3/b19-18+,22-21+,28-20+. The molecule has 53 heavy (non-hydrogen) atoms. The minimum atomic E-state index is -0.982. The average molecular weight is 753 g/mol. The lowest BCUT2D eigenvalue weighted by atomic mass is 9.88. The van der Waals surface area contributed by atoms with E-state index in [-0.39, 0.29) is 54.7 Å². The number of cyclic esters (lactones) is 1. The van der Waals surface area contributed by atoms with Crippen LogP contribution in [0.4, 0.5) is 0 Å². The lowest BCUT2D eigenvalue weighted by molar-refractivity contribution is -0.230. The SMILES string of the molecule is CCOC(C)OC1CCC(C)(OC(C)OCC)C(OC(C)=O)/C=C/C(C)C(/C(C)=C/C=C/C(C)CC2OC2C(C)C(CC)OC(C)OCC)OC(=O)C1. The molecule has 2 rings (SSSR count). The van der Waals surface area contributed by atoms with E-state index in [1.807, 2.05) is 86.6 Å². The molecule has 306 valence electrons. The number of epoxide rings is 1. The Kier molecular flexibility index (Phi) is 21.1. The van der Waals surface area contributed by atoms with E-state index >= 15 is 0 Å². The van der Waals surface area contributed by atoms with Crippen molar-refractivity contribution in [1.82, 2.24) is 0 Å². The predicted molar refractivity (Wildman–Crippen MR) is 205 cm³/mol. The second kappa shape index (κ2) is 23.7. The monoisotopic (exact) mass is 753 g/mol. The summed E-state index contributed by atoms with van der Waals surface area (Å²) in [7, 11) is 0. The molecule has 11 nitrogen and oxygen atoms in total. The van der Waals surface area contributed by atoms with Crippen molar-refractivity contribution in [2.75, 3.05) is 19.8 Å². The number of carbonyl (C=O) groups is 2. The second-order valence-corrected chi connectivity index (χ2v) is 14.8. The number of rotatable bonds is 21. The van der Waals surface area contributed by atoms with Gasteiger partial charge in [-0.25, -0.2) is 0 Å². The fourth-order valence-electron chi connectivity index (χ4n) is 7.11. The maximum absolute atomic E-state index is 13.5. The summed E-state index contributed by atoms with van der Waals surface area (Å²) in [4.78, 5) is 25.9. The van der Waals surface area contributed by atoms with E-state index in [4.69, 9.17) is 42.6 Å². The lowest BCUT2D eigenvalue weighted by Gasteiger charge is -2.39. The van der Waals surface area contributed by atoms with Crippen molar-refractivity contribution in [3.05, 3.63) is 36.0 Å². The van der Waals surface area contributed by atoms with Crippen LogP contribution in [0.1, 0.15) is 122 Å². The third kappa shape index (κ3) is 16.6. The number of hydrogen-bond acceptors (Lipinski definition) is 11. The van der Waals surface area contributed by atoms with E-state index in [1.165, 1.54) is 6.92 Å². The Hall–Kier alpha value is -2.12. The molecule has 0 aromatic heterocycles. The summed E-state index contributed by atoms with van der Waals surface area (Å²) < 4.78 is 53.9. The molecule has 0 spiro atoms. The molecule has 1 fully saturated rings. The summed E-state index contributed by atoms with van der Waals surface area (Å²) in [5, 5.41) is 0. The molecule has 11 heteroatoms. The fraction of sp³-hybridized carbons (Fsp3) is 0.810. The minimum Gasteiger partial charge on any atom is -0.457 e. The highest BCUT2D eigenvalue weighted by Gasteiger charge is 2.46. The lowest BCUT2D eigenvalue weighted by Crippen LogP contribution is -2.47. The molecule has 0 aromatic rings. The third-order valence-corrected chi connectivity index (χ3v) is 9.95. The second-order valence-electron chi connectivity index (χ2n) is 14.8. The van der Waals surface area contributed by atoms with Gasteiger partial charge in [0.05, 0.1) is 30.8 Å². The molecule has 2 heterocycles. The summed E-state index contributed by atoms with van der Waals surface area (Å²) in [5.74, 6) is -0.516. The van der Waals surface area contributed by atoms with Crippen molar-refractivity contribution in [1.29, 1.82) is 0 Å². The van der Waals surface area contributed by atoms with Crippen molar-refractivity contribution in [3.63, 3.8) is 0 Å². The van der Waals surface area contributed by atoms with Gasteiger partial charge in [0.1, 0.15) is 17.8 Å². The van der Waals surface area contributed by atoms with Crippen LogP contribution in [0.2, 0.25) is 0 Å². The zero-order chi connectivity index (χ0) is 39.7. The zero-order valence-corrected chi connectivity index (χ0v) is 35.0. The molecule has 0 saturated carbocycles. The molecule has 0 aromatic carbocycles. The Balaban J connectivity index is 2.28. The van der Waals surface area contributed by atoms with E-state index in [1.54, 1.807) is 0 Å². The average Bonchev–Trinajstić information content (AvgIpc) is 3.84. The van der Waals surface area contributed by atoms with Crippen LogP contribution < -0.4 is 0 Å². The first-order valence-electron chi connectivity index (χ1n) is 20.0. The predicted octanol–water partition coefficient (Wildman–Crippen LogP) is 8.24. The highest BCUT2D eigenvalue weighted by molar-refractivity contribution is 5.70. The number of ether oxygens (including phenoxy) is 9. The molecule has 2 aliphatic rings. The number of hydrogen-bond donors (Lipinski definition) is 0. The van der Waals surface area contributed by atoms with Crippen LogP contribution in [0.5, 0.6) is 0 Å². The molecular weight excluding hydrogens is 680 g/mol. The highest BCUT2D eigenvalue weighted by atomic mass is 16.7. The highest BCUT2D eigenvalue weighted by Crippen LogP contribution is 2.38. The number of allylic oxidation sites excluding steroid dienone is 3. The van der Waals surface area contributed by atoms with Gasteiger partial charge in [0.15, 0.2) is 18.9 Å². The molecule has 13 atom stereocenters. The Bertz CT molecular complexity index is 1170. The summed E-state index contributed by atoms with van der Waals surface area (Å²) in [6, 6.07) is 0. The molecule has 0 radical (unpaired) electrons. The number of esters is 2.